The van der Waals surface area contributed by atoms with Crippen LogP contribution in [-0.4, -0.2) is 38.7 Å². The third-order valence-electron chi connectivity index (χ3n) is 5.53. The summed E-state index contributed by atoms with van der Waals surface area (Å²) in [6.45, 7) is -0.319. The van der Waals surface area contributed by atoms with E-state index in [1.807, 2.05) is 0 Å². The molecule has 1 unspecified atom stereocenters. The third kappa shape index (κ3) is 3.95. The highest BCUT2D eigenvalue weighted by Crippen LogP contribution is 2.36. The monoisotopic (exact) mass is 534 g/mol. The number of hydrogen-bond donors (Lipinski definition) is 3. The zero-order chi connectivity index (χ0) is 25.7. The first-order valence-corrected chi connectivity index (χ1v) is 11.5. The van der Waals surface area contributed by atoms with Gasteiger partial charge in [0.1, 0.15) is 29.7 Å². The predicted molar refractivity (Wildman–Crippen MR) is 125 cm³/mol. The minimum Gasteiger partial charge on any atom is -0.352 e. The van der Waals surface area contributed by atoms with E-state index in [-0.39, 0.29) is 50.2 Å². The van der Waals surface area contributed by atoms with Crippen molar-refractivity contribution >= 4 is 56.8 Å². The summed E-state index contributed by atoms with van der Waals surface area (Å²) in [5.74, 6) is -4.77. The number of benzene rings is 2. The largest absolute Gasteiger partial charge is 0.352 e. The van der Waals surface area contributed by atoms with Gasteiger partial charge in [-0.2, -0.15) is 4.37 Å². The second-order valence-electron chi connectivity index (χ2n) is 7.75. The van der Waals surface area contributed by atoms with E-state index in [2.05, 4.69) is 25.3 Å². The standard InChI is InChI=1S/C22H14ClF3N6O3S/c1-27-22(35)20-29-19(30-21(34)16-11-5-9(25)6-13(26)18(11)36-31-16)17-15(28-14(33)7-32(17)20)10-4-8(24)2-3-12(10)23/h2-6,15H,7H2,1H3,(H,27,35)(H,28,33)(H,30,34). The van der Waals surface area contributed by atoms with Gasteiger partial charge in [-0.05, 0) is 35.8 Å². The van der Waals surface area contributed by atoms with Crippen LogP contribution in [0.5, 0.6) is 0 Å². The van der Waals surface area contributed by atoms with Crippen molar-refractivity contribution in [3.63, 3.8) is 0 Å². The van der Waals surface area contributed by atoms with Crippen LogP contribution in [0.3, 0.4) is 0 Å². The first-order valence-electron chi connectivity index (χ1n) is 10.3. The molecule has 36 heavy (non-hydrogen) atoms. The lowest BCUT2D eigenvalue weighted by Gasteiger charge is -2.28. The summed E-state index contributed by atoms with van der Waals surface area (Å²) in [5.41, 5.74) is 0.0378. The molecule has 3 heterocycles. The number of imidazole rings is 1. The van der Waals surface area contributed by atoms with Gasteiger partial charge in [-0.1, -0.05) is 11.6 Å². The Morgan fingerprint density at radius 3 is 2.69 bits per heavy atom. The molecule has 1 aliphatic heterocycles. The lowest BCUT2D eigenvalue weighted by molar-refractivity contribution is -0.123. The highest BCUT2D eigenvalue weighted by atomic mass is 35.5. The maximum absolute atomic E-state index is 14.1. The minimum atomic E-state index is -1.09. The first kappa shape index (κ1) is 23.8. The van der Waals surface area contributed by atoms with E-state index in [9.17, 15) is 27.6 Å². The predicted octanol–water partition coefficient (Wildman–Crippen LogP) is 3.39. The molecule has 0 fully saturated rings. The Morgan fingerprint density at radius 2 is 1.94 bits per heavy atom. The number of amides is 3. The van der Waals surface area contributed by atoms with Crippen molar-refractivity contribution in [2.75, 3.05) is 12.4 Å². The van der Waals surface area contributed by atoms with Gasteiger partial charge >= 0.3 is 0 Å². The second-order valence-corrected chi connectivity index (χ2v) is 8.93. The number of nitrogens with zero attached hydrogens (tertiary/aromatic N) is 3. The summed E-state index contributed by atoms with van der Waals surface area (Å²) >= 11 is 6.95. The Bertz CT molecular complexity index is 1590. The summed E-state index contributed by atoms with van der Waals surface area (Å²) in [7, 11) is 1.36. The van der Waals surface area contributed by atoms with Gasteiger partial charge < -0.3 is 20.5 Å². The number of carbonyl (C=O) groups is 3. The van der Waals surface area contributed by atoms with Crippen molar-refractivity contribution < 1.29 is 27.6 Å². The normalized spacial score (nSPS) is 14.9. The number of rotatable bonds is 4. The zero-order valence-electron chi connectivity index (χ0n) is 18.2. The molecule has 0 saturated carbocycles. The molecule has 4 aromatic rings. The number of carbonyl (C=O) groups excluding carboxylic acids is 3. The van der Waals surface area contributed by atoms with E-state index in [4.69, 9.17) is 11.6 Å². The molecule has 9 nitrogen and oxygen atoms in total. The van der Waals surface area contributed by atoms with Gasteiger partial charge in [0.2, 0.25) is 11.7 Å². The summed E-state index contributed by atoms with van der Waals surface area (Å²) in [5, 5.41) is 7.66. The smallest absolute Gasteiger partial charge is 0.287 e. The molecule has 2 aromatic heterocycles. The van der Waals surface area contributed by atoms with E-state index in [0.29, 0.717) is 17.6 Å². The molecule has 0 radical (unpaired) electrons. The Labute approximate surface area is 209 Å². The van der Waals surface area contributed by atoms with E-state index in [1.54, 1.807) is 0 Å². The molecule has 0 spiro atoms. The Morgan fingerprint density at radius 1 is 1.17 bits per heavy atom. The minimum absolute atomic E-state index is 0.0175. The quantitative estimate of drug-likeness (QED) is 0.371. The van der Waals surface area contributed by atoms with Crippen molar-refractivity contribution in [2.45, 2.75) is 12.6 Å². The molecule has 1 aliphatic rings. The van der Waals surface area contributed by atoms with Crippen molar-refractivity contribution in [1.29, 1.82) is 0 Å². The molecule has 1 atom stereocenters. The van der Waals surface area contributed by atoms with E-state index < -0.39 is 41.2 Å². The number of aromatic nitrogens is 3. The number of hydrogen-bond acceptors (Lipinski definition) is 6. The van der Waals surface area contributed by atoms with Gasteiger partial charge in [-0.3, -0.25) is 14.4 Å². The van der Waals surface area contributed by atoms with Crippen molar-refractivity contribution in [3.8, 4) is 0 Å². The molecule has 14 heteroatoms. The fourth-order valence-corrected chi connectivity index (χ4v) is 4.97. The third-order valence-corrected chi connectivity index (χ3v) is 6.74. The highest BCUT2D eigenvalue weighted by molar-refractivity contribution is 7.13. The van der Waals surface area contributed by atoms with Gasteiger partial charge in [0, 0.05) is 29.1 Å². The molecule has 3 N–H and O–H groups in total. The fourth-order valence-electron chi connectivity index (χ4n) is 3.97. The van der Waals surface area contributed by atoms with Crippen molar-refractivity contribution in [1.82, 2.24) is 24.6 Å². The van der Waals surface area contributed by atoms with Crippen LogP contribution >= 0.6 is 23.1 Å². The number of fused-ring (bicyclic) bond motifs is 2. The van der Waals surface area contributed by atoms with Crippen LogP contribution in [-0.2, 0) is 11.3 Å². The van der Waals surface area contributed by atoms with Crippen molar-refractivity contribution in [3.05, 3.63) is 75.6 Å². The van der Waals surface area contributed by atoms with E-state index in [1.165, 1.54) is 17.7 Å². The number of halogens is 4. The van der Waals surface area contributed by atoms with E-state index in [0.717, 1.165) is 18.2 Å². The maximum atomic E-state index is 14.1. The highest BCUT2D eigenvalue weighted by Gasteiger charge is 2.36. The molecular formula is C22H14ClF3N6O3S. The van der Waals surface area contributed by atoms with Crippen LogP contribution in [0.25, 0.3) is 10.1 Å². The topological polar surface area (TPSA) is 118 Å². The number of nitrogens with one attached hydrogen (secondary N) is 3. The summed E-state index contributed by atoms with van der Waals surface area (Å²) < 4.78 is 47.2. The van der Waals surface area contributed by atoms with Crippen LogP contribution in [0.2, 0.25) is 5.02 Å². The van der Waals surface area contributed by atoms with Gasteiger partial charge in [0.05, 0.1) is 16.4 Å². The second kappa shape index (κ2) is 8.91. The van der Waals surface area contributed by atoms with Crippen LogP contribution in [0, 0.1) is 17.5 Å². The molecule has 0 aliphatic carbocycles. The molecule has 3 amide bonds. The molecular weight excluding hydrogens is 521 g/mol. The average molecular weight is 535 g/mol. The van der Waals surface area contributed by atoms with Gasteiger partial charge in [-0.15, -0.1) is 0 Å². The van der Waals surface area contributed by atoms with Gasteiger partial charge in [-0.25, -0.2) is 18.2 Å². The van der Waals surface area contributed by atoms with Crippen LogP contribution in [0.15, 0.2) is 30.3 Å². The molecule has 2 aromatic carbocycles. The van der Waals surface area contributed by atoms with Gasteiger partial charge in [0.15, 0.2) is 5.82 Å². The lowest BCUT2D eigenvalue weighted by atomic mass is 10.0. The molecule has 0 bridgehead atoms. The molecule has 184 valence electrons. The summed E-state index contributed by atoms with van der Waals surface area (Å²) in [6.07, 6.45) is 0. The van der Waals surface area contributed by atoms with Crippen LogP contribution < -0.4 is 16.0 Å². The zero-order valence-corrected chi connectivity index (χ0v) is 19.7. The maximum Gasteiger partial charge on any atom is 0.287 e. The van der Waals surface area contributed by atoms with Crippen LogP contribution in [0.4, 0.5) is 19.0 Å². The molecule has 5 rings (SSSR count). The average Bonchev–Trinajstić information content (AvgIpc) is 3.41. The first-order chi connectivity index (χ1) is 17.2. The number of anilines is 1. The SMILES string of the molecule is CNC(=O)c1nc(NC(=O)c2nsc3c(F)cc(F)cc23)c2n1CC(=O)NC2c1cc(F)ccc1Cl. The van der Waals surface area contributed by atoms with E-state index >= 15 is 0 Å². The fraction of sp³-hybridized carbons (Fsp3) is 0.136. The Balaban J connectivity index is 1.65. The van der Waals surface area contributed by atoms with Gasteiger partial charge in [0.25, 0.3) is 11.8 Å². The van der Waals surface area contributed by atoms with Crippen molar-refractivity contribution in [2.24, 2.45) is 0 Å². The summed E-state index contributed by atoms with van der Waals surface area (Å²) in [6, 6.07) is 4.12. The Kier molecular flexibility index (Phi) is 5.88. The molecule has 0 saturated heterocycles. The summed E-state index contributed by atoms with van der Waals surface area (Å²) in [4.78, 5) is 42.4. The van der Waals surface area contributed by atoms with Crippen LogP contribution in [0.1, 0.15) is 38.4 Å². The lowest BCUT2D eigenvalue weighted by Crippen LogP contribution is -2.41. The Hall–Kier alpha value is -3.97.